The van der Waals surface area contributed by atoms with Crippen LogP contribution in [0.2, 0.25) is 0 Å². The SMILES string of the molecule is CO[C@H]1[C@@H](C2[C@H](CCN3CC(F)(F)C3)CN2C(=O)O)CCC2(CO2)[C@H]1[C@@]1(C)O[C@@H]1CCC(C)C. The van der Waals surface area contributed by atoms with Crippen molar-refractivity contribution < 1.29 is 32.9 Å². The van der Waals surface area contributed by atoms with E-state index in [2.05, 4.69) is 20.8 Å². The largest absolute Gasteiger partial charge is 0.465 e. The van der Waals surface area contributed by atoms with E-state index in [9.17, 15) is 18.7 Å². The van der Waals surface area contributed by atoms with Crippen molar-refractivity contribution in [2.45, 2.75) is 88.2 Å². The highest BCUT2D eigenvalue weighted by Gasteiger charge is 2.72. The molecule has 1 saturated carbocycles. The number of alkyl halides is 2. The van der Waals surface area contributed by atoms with Crippen molar-refractivity contribution in [2.24, 2.45) is 23.7 Å². The number of carbonyl (C=O) groups is 1. The van der Waals surface area contributed by atoms with Gasteiger partial charge in [-0.05, 0) is 57.4 Å². The predicted molar refractivity (Wildman–Crippen MR) is 121 cm³/mol. The Morgan fingerprint density at radius 2 is 1.97 bits per heavy atom. The number of hydrogen-bond acceptors (Lipinski definition) is 5. The number of amides is 1. The summed E-state index contributed by atoms with van der Waals surface area (Å²) in [6, 6.07) is -0.153. The molecule has 5 fully saturated rings. The van der Waals surface area contributed by atoms with Crippen molar-refractivity contribution in [1.29, 1.82) is 0 Å². The highest BCUT2D eigenvalue weighted by molar-refractivity contribution is 5.67. The van der Waals surface area contributed by atoms with Crippen LogP contribution in [0.15, 0.2) is 0 Å². The number of ether oxygens (including phenoxy) is 3. The molecular formula is C25H40F2N2O5. The maximum absolute atomic E-state index is 13.2. The Labute approximate surface area is 201 Å². The molecule has 5 aliphatic rings. The van der Waals surface area contributed by atoms with Gasteiger partial charge in [-0.3, -0.25) is 4.90 Å². The maximum Gasteiger partial charge on any atom is 0.407 e. The summed E-state index contributed by atoms with van der Waals surface area (Å²) in [4.78, 5) is 15.3. The summed E-state index contributed by atoms with van der Waals surface area (Å²) in [5.74, 6) is -1.69. The molecule has 2 unspecified atom stereocenters. The van der Waals surface area contributed by atoms with Gasteiger partial charge in [0.1, 0.15) is 5.60 Å². The van der Waals surface area contributed by atoms with Gasteiger partial charge >= 0.3 is 6.09 Å². The summed E-state index contributed by atoms with van der Waals surface area (Å²) in [6.45, 7) is 8.00. The minimum atomic E-state index is -2.58. The Hall–Kier alpha value is -1.03. The number of epoxide rings is 2. The molecule has 5 rings (SSSR count). The first-order valence-corrected chi connectivity index (χ1v) is 12.9. The molecule has 4 aliphatic heterocycles. The summed E-state index contributed by atoms with van der Waals surface area (Å²) in [5.41, 5.74) is -0.545. The van der Waals surface area contributed by atoms with E-state index >= 15 is 0 Å². The molecule has 0 bridgehead atoms. The predicted octanol–water partition coefficient (Wildman–Crippen LogP) is 3.71. The second-order valence-electron chi connectivity index (χ2n) is 12.0. The van der Waals surface area contributed by atoms with E-state index in [1.54, 1.807) is 16.9 Å². The van der Waals surface area contributed by atoms with E-state index in [0.29, 0.717) is 25.6 Å². The monoisotopic (exact) mass is 486 g/mol. The lowest BCUT2D eigenvalue weighted by atomic mass is 9.60. The van der Waals surface area contributed by atoms with Crippen molar-refractivity contribution in [1.82, 2.24) is 9.80 Å². The summed E-state index contributed by atoms with van der Waals surface area (Å²) >= 11 is 0. The third kappa shape index (κ3) is 4.24. The van der Waals surface area contributed by atoms with Gasteiger partial charge in [-0.25, -0.2) is 13.6 Å². The smallest absolute Gasteiger partial charge is 0.407 e. The van der Waals surface area contributed by atoms with Gasteiger partial charge in [0.25, 0.3) is 5.92 Å². The van der Waals surface area contributed by atoms with Gasteiger partial charge in [-0.2, -0.15) is 0 Å². The molecule has 8 atom stereocenters. The zero-order valence-corrected chi connectivity index (χ0v) is 20.8. The molecule has 1 spiro atoms. The van der Waals surface area contributed by atoms with Crippen molar-refractivity contribution in [3.05, 3.63) is 0 Å². The van der Waals surface area contributed by atoms with Crippen molar-refractivity contribution in [3.8, 4) is 0 Å². The number of hydrogen-bond donors (Lipinski definition) is 1. The highest BCUT2D eigenvalue weighted by atomic mass is 19.3. The lowest BCUT2D eigenvalue weighted by molar-refractivity contribution is -0.143. The van der Waals surface area contributed by atoms with Gasteiger partial charge in [-0.1, -0.05) is 13.8 Å². The van der Waals surface area contributed by atoms with Crippen LogP contribution in [0.4, 0.5) is 13.6 Å². The summed E-state index contributed by atoms with van der Waals surface area (Å²) in [6.07, 6.45) is 3.68. The molecule has 1 N–H and O–H groups in total. The Kier molecular flexibility index (Phi) is 6.18. The van der Waals surface area contributed by atoms with Crippen LogP contribution in [0, 0.1) is 23.7 Å². The van der Waals surface area contributed by atoms with Crippen LogP contribution in [0.1, 0.15) is 52.9 Å². The Morgan fingerprint density at radius 3 is 2.53 bits per heavy atom. The molecule has 0 aromatic heterocycles. The minimum Gasteiger partial charge on any atom is -0.465 e. The van der Waals surface area contributed by atoms with Crippen molar-refractivity contribution >= 4 is 6.09 Å². The Bertz CT molecular complexity index is 785. The lowest BCUT2D eigenvalue weighted by Gasteiger charge is -2.56. The normalized spacial score (nSPS) is 45.2. The van der Waals surface area contributed by atoms with Crippen molar-refractivity contribution in [3.63, 3.8) is 0 Å². The number of likely N-dealkylation sites (tertiary alicyclic amines) is 2. The van der Waals surface area contributed by atoms with Gasteiger partial charge in [0, 0.05) is 31.5 Å². The molecule has 9 heteroatoms. The molecule has 0 radical (unpaired) electrons. The molecule has 0 aromatic carbocycles. The second kappa shape index (κ2) is 8.53. The Balaban J connectivity index is 1.31. The molecule has 1 aliphatic carbocycles. The molecular weight excluding hydrogens is 446 g/mol. The fourth-order valence-corrected chi connectivity index (χ4v) is 7.36. The van der Waals surface area contributed by atoms with Crippen LogP contribution in [-0.4, -0.2) is 96.3 Å². The van der Waals surface area contributed by atoms with E-state index < -0.39 is 12.0 Å². The molecule has 1 amide bonds. The van der Waals surface area contributed by atoms with E-state index in [0.717, 1.165) is 32.1 Å². The quantitative estimate of drug-likeness (QED) is 0.501. The molecule has 0 aromatic rings. The van der Waals surface area contributed by atoms with Crippen LogP contribution in [0.25, 0.3) is 0 Å². The first-order chi connectivity index (χ1) is 16.0. The average molecular weight is 487 g/mol. The van der Waals surface area contributed by atoms with Crippen LogP contribution < -0.4 is 0 Å². The van der Waals surface area contributed by atoms with Gasteiger partial charge in [0.2, 0.25) is 0 Å². The fraction of sp³-hybridized carbons (Fsp3) is 0.960. The van der Waals surface area contributed by atoms with Gasteiger partial charge < -0.3 is 24.2 Å². The molecule has 7 nitrogen and oxygen atoms in total. The van der Waals surface area contributed by atoms with Crippen molar-refractivity contribution in [2.75, 3.05) is 39.9 Å². The third-order valence-corrected chi connectivity index (χ3v) is 9.29. The van der Waals surface area contributed by atoms with Gasteiger partial charge in [0.15, 0.2) is 0 Å². The molecule has 34 heavy (non-hydrogen) atoms. The van der Waals surface area contributed by atoms with E-state index in [1.165, 1.54) is 0 Å². The lowest BCUT2D eigenvalue weighted by Crippen LogP contribution is -2.67. The summed E-state index contributed by atoms with van der Waals surface area (Å²) < 4.78 is 45.0. The first kappa shape index (κ1) is 24.7. The maximum atomic E-state index is 13.2. The van der Waals surface area contributed by atoms with Crippen LogP contribution in [0.3, 0.4) is 0 Å². The van der Waals surface area contributed by atoms with E-state index in [4.69, 9.17) is 14.2 Å². The average Bonchev–Trinajstić information content (AvgIpc) is 3.62. The zero-order chi connectivity index (χ0) is 24.5. The number of rotatable bonds is 9. The summed E-state index contributed by atoms with van der Waals surface area (Å²) in [5, 5.41) is 9.86. The number of nitrogens with zero attached hydrogens (tertiary/aromatic N) is 2. The van der Waals surface area contributed by atoms with Crippen LogP contribution in [0.5, 0.6) is 0 Å². The molecule has 4 saturated heterocycles. The standard InChI is InChI=1S/C25H40F2N2O5/c1-15(2)5-6-18-23(3,34-18)21-20(32-4)17(7-9-24(21)14-33-24)19-16(11-29(19)22(30)31)8-10-28-12-25(26,27)13-28/h15-21H,5-14H2,1-4H3,(H,30,31)/t16-,17-,18-,19?,20+,21-,23+,24?/m1/s1. The molecule has 194 valence electrons. The van der Waals surface area contributed by atoms with Gasteiger partial charge in [-0.15, -0.1) is 0 Å². The van der Waals surface area contributed by atoms with Gasteiger partial charge in [0.05, 0.1) is 37.5 Å². The zero-order valence-electron chi connectivity index (χ0n) is 20.8. The third-order valence-electron chi connectivity index (χ3n) is 9.29. The van der Waals surface area contributed by atoms with E-state index in [-0.39, 0.29) is 60.3 Å². The van der Waals surface area contributed by atoms with Crippen LogP contribution >= 0.6 is 0 Å². The topological polar surface area (TPSA) is 78.1 Å². The van der Waals surface area contributed by atoms with E-state index in [1.807, 2.05) is 0 Å². The number of carboxylic acid groups (broad SMARTS) is 1. The first-order valence-electron chi connectivity index (χ1n) is 12.9. The fourth-order valence-electron chi connectivity index (χ4n) is 7.36. The number of methoxy groups -OCH3 is 1. The number of halogens is 2. The molecule has 4 heterocycles. The highest BCUT2D eigenvalue weighted by Crippen LogP contribution is 2.61. The Morgan fingerprint density at radius 1 is 1.26 bits per heavy atom. The summed E-state index contributed by atoms with van der Waals surface area (Å²) in [7, 11) is 1.72. The second-order valence-corrected chi connectivity index (χ2v) is 12.0. The minimum absolute atomic E-state index is 0.0456. The van der Waals surface area contributed by atoms with Crippen LogP contribution in [-0.2, 0) is 14.2 Å².